The van der Waals surface area contributed by atoms with E-state index >= 15 is 0 Å². The topological polar surface area (TPSA) is 147 Å². The Hall–Kier alpha value is -4.03. The molecule has 1 aromatic heterocycles. The van der Waals surface area contributed by atoms with Gasteiger partial charge in [-0.15, -0.1) is 0 Å². The normalized spacial score (nSPS) is 20.0. The van der Waals surface area contributed by atoms with Gasteiger partial charge in [-0.1, -0.05) is 85.4 Å². The molecule has 11 heteroatoms. The molecular formula is C32H34N4O6S. The number of aromatic nitrogens is 3. The van der Waals surface area contributed by atoms with Crippen LogP contribution in [0.3, 0.4) is 0 Å². The van der Waals surface area contributed by atoms with E-state index < -0.39 is 12.3 Å². The van der Waals surface area contributed by atoms with Gasteiger partial charge in [0, 0.05) is 30.2 Å². The lowest BCUT2D eigenvalue weighted by Gasteiger charge is -2.41. The number of rotatable bonds is 12. The number of nitrogens with one attached hydrogen (secondary N) is 2. The third-order valence-electron chi connectivity index (χ3n) is 7.40. The Bertz CT molecular complexity index is 1500. The van der Waals surface area contributed by atoms with Gasteiger partial charge in [0.05, 0.1) is 25.2 Å². The van der Waals surface area contributed by atoms with Crippen LogP contribution in [0.1, 0.15) is 54.4 Å². The van der Waals surface area contributed by atoms with E-state index in [0.29, 0.717) is 12.3 Å². The van der Waals surface area contributed by atoms with Crippen LogP contribution in [0.5, 0.6) is 0 Å². The fourth-order valence-electron chi connectivity index (χ4n) is 4.94. The Balaban J connectivity index is 1.30. The molecule has 5 rings (SSSR count). The van der Waals surface area contributed by atoms with Crippen molar-refractivity contribution in [3.05, 3.63) is 101 Å². The van der Waals surface area contributed by atoms with Gasteiger partial charge in [-0.3, -0.25) is 14.7 Å². The van der Waals surface area contributed by atoms with Crippen LogP contribution < -0.4 is 5.32 Å². The molecular weight excluding hydrogens is 568 g/mol. The molecule has 4 N–H and O–H groups in total. The van der Waals surface area contributed by atoms with Gasteiger partial charge in [0.2, 0.25) is 5.91 Å². The number of amides is 1. The largest absolute Gasteiger partial charge is 0.481 e. The van der Waals surface area contributed by atoms with Gasteiger partial charge in [-0.2, -0.15) is 5.10 Å². The number of ether oxygens (including phenoxy) is 2. The van der Waals surface area contributed by atoms with Crippen molar-refractivity contribution in [3.8, 4) is 11.1 Å². The van der Waals surface area contributed by atoms with E-state index in [2.05, 4.69) is 27.4 Å². The van der Waals surface area contributed by atoms with Crippen LogP contribution in [0.25, 0.3) is 11.1 Å². The molecule has 0 spiro atoms. The summed E-state index contributed by atoms with van der Waals surface area (Å²) < 4.78 is 13.1. The van der Waals surface area contributed by atoms with E-state index in [1.807, 2.05) is 72.8 Å². The maximum atomic E-state index is 11.9. The fourth-order valence-corrected chi connectivity index (χ4v) is 5.88. The van der Waals surface area contributed by atoms with Crippen LogP contribution in [0, 0.1) is 5.92 Å². The number of hydrogen-bond acceptors (Lipinski definition) is 8. The summed E-state index contributed by atoms with van der Waals surface area (Å²) in [4.78, 5) is 26.9. The Morgan fingerprint density at radius 2 is 1.72 bits per heavy atom. The van der Waals surface area contributed by atoms with Gasteiger partial charge in [0.15, 0.2) is 11.4 Å². The zero-order chi connectivity index (χ0) is 30.2. The maximum absolute atomic E-state index is 11.9. The molecule has 1 aliphatic rings. The van der Waals surface area contributed by atoms with Crippen LogP contribution in [0.2, 0.25) is 0 Å². The number of hydrogen-bond donors (Lipinski definition) is 4. The molecule has 0 aliphatic carbocycles. The van der Waals surface area contributed by atoms with E-state index in [4.69, 9.17) is 14.6 Å². The van der Waals surface area contributed by atoms with Crippen molar-refractivity contribution in [1.82, 2.24) is 20.5 Å². The first-order valence-electron chi connectivity index (χ1n) is 14.1. The monoisotopic (exact) mass is 602 g/mol. The third kappa shape index (κ3) is 8.08. The SMILES string of the molecule is CC1C(CSc2ncn[nH]2)OC(c2ccc(-c3cccc(CNC(=O)CCC(=O)O)c3)cc2)OC1c1ccc(CO)cc1. The first-order valence-corrected chi connectivity index (χ1v) is 15.0. The molecule has 43 heavy (non-hydrogen) atoms. The van der Waals surface area contributed by atoms with Crippen molar-refractivity contribution >= 4 is 23.6 Å². The summed E-state index contributed by atoms with van der Waals surface area (Å²) in [6, 6.07) is 23.7. The number of aliphatic carboxylic acids is 1. The van der Waals surface area contributed by atoms with Crippen LogP contribution in [-0.4, -0.2) is 49.1 Å². The van der Waals surface area contributed by atoms with Crippen molar-refractivity contribution in [3.63, 3.8) is 0 Å². The molecule has 3 aromatic carbocycles. The second-order valence-electron chi connectivity index (χ2n) is 10.4. The number of nitrogens with zero attached hydrogens (tertiary/aromatic N) is 2. The average molecular weight is 603 g/mol. The van der Waals surface area contributed by atoms with Crippen molar-refractivity contribution in [2.24, 2.45) is 5.92 Å². The Morgan fingerprint density at radius 3 is 2.42 bits per heavy atom. The highest BCUT2D eigenvalue weighted by atomic mass is 32.2. The number of benzene rings is 3. The molecule has 0 radical (unpaired) electrons. The molecule has 4 unspecified atom stereocenters. The van der Waals surface area contributed by atoms with Crippen molar-refractivity contribution in [2.75, 3.05) is 5.75 Å². The highest BCUT2D eigenvalue weighted by Crippen LogP contribution is 2.43. The predicted octanol–water partition coefficient (Wildman–Crippen LogP) is 5.03. The molecule has 224 valence electrons. The summed E-state index contributed by atoms with van der Waals surface area (Å²) in [5.74, 6) is -0.566. The number of carboxylic acids is 1. The fraction of sp³-hybridized carbons (Fsp3) is 0.312. The number of H-pyrrole nitrogens is 1. The second kappa shape index (κ2) is 14.4. The zero-order valence-corrected chi connectivity index (χ0v) is 24.5. The average Bonchev–Trinajstić information content (AvgIpc) is 3.56. The van der Waals surface area contributed by atoms with E-state index in [-0.39, 0.29) is 43.5 Å². The van der Waals surface area contributed by atoms with E-state index in [1.54, 1.807) is 11.8 Å². The summed E-state index contributed by atoms with van der Waals surface area (Å²) in [5, 5.41) is 28.6. The molecule has 1 aliphatic heterocycles. The molecule has 2 heterocycles. The van der Waals surface area contributed by atoms with E-state index in [0.717, 1.165) is 38.5 Å². The quantitative estimate of drug-likeness (QED) is 0.164. The minimum absolute atomic E-state index is 0.0137. The molecule has 1 amide bonds. The zero-order valence-electron chi connectivity index (χ0n) is 23.7. The Morgan fingerprint density at radius 1 is 0.953 bits per heavy atom. The second-order valence-corrected chi connectivity index (χ2v) is 11.4. The number of carbonyl (C=O) groups is 2. The molecule has 0 saturated carbocycles. The molecule has 1 fully saturated rings. The van der Waals surface area contributed by atoms with Crippen molar-refractivity contribution < 1.29 is 29.3 Å². The highest BCUT2D eigenvalue weighted by molar-refractivity contribution is 7.99. The van der Waals surface area contributed by atoms with Gasteiger partial charge in [0.25, 0.3) is 0 Å². The third-order valence-corrected chi connectivity index (χ3v) is 8.36. The Labute approximate surface area is 253 Å². The van der Waals surface area contributed by atoms with Gasteiger partial charge in [-0.25, -0.2) is 4.98 Å². The minimum Gasteiger partial charge on any atom is -0.481 e. The lowest BCUT2D eigenvalue weighted by molar-refractivity contribution is -0.268. The van der Waals surface area contributed by atoms with Crippen molar-refractivity contribution in [1.29, 1.82) is 0 Å². The first kappa shape index (κ1) is 30.4. The molecule has 4 aromatic rings. The predicted molar refractivity (Wildman–Crippen MR) is 161 cm³/mol. The van der Waals surface area contributed by atoms with Crippen molar-refractivity contribution in [2.45, 2.75) is 56.6 Å². The van der Waals surface area contributed by atoms with Gasteiger partial charge in [0.1, 0.15) is 6.33 Å². The number of aliphatic hydroxyl groups excluding tert-OH is 1. The number of aliphatic hydroxyl groups is 1. The van der Waals surface area contributed by atoms with Crippen LogP contribution >= 0.6 is 11.8 Å². The minimum atomic E-state index is -0.993. The highest BCUT2D eigenvalue weighted by Gasteiger charge is 2.38. The first-order chi connectivity index (χ1) is 20.9. The lowest BCUT2D eigenvalue weighted by Crippen LogP contribution is -2.38. The lowest BCUT2D eigenvalue weighted by atomic mass is 9.91. The van der Waals surface area contributed by atoms with E-state index in [9.17, 15) is 14.7 Å². The molecule has 1 saturated heterocycles. The van der Waals surface area contributed by atoms with Gasteiger partial charge < -0.3 is 25.0 Å². The van der Waals surface area contributed by atoms with E-state index in [1.165, 1.54) is 6.33 Å². The smallest absolute Gasteiger partial charge is 0.303 e. The van der Waals surface area contributed by atoms with Gasteiger partial charge >= 0.3 is 5.97 Å². The summed E-state index contributed by atoms with van der Waals surface area (Å²) in [6.07, 6.45) is 0.326. The number of aromatic amines is 1. The summed E-state index contributed by atoms with van der Waals surface area (Å²) in [6.45, 7) is 2.43. The van der Waals surface area contributed by atoms with Crippen LogP contribution in [-0.2, 0) is 32.2 Å². The molecule has 10 nitrogen and oxygen atoms in total. The Kier molecular flexibility index (Phi) is 10.2. The standard InChI is InChI=1S/C32H34N4O6S/c1-20-27(18-43-32-34-19-35-36-32)41-31(42-30(20)24-7-5-21(17-37)6-8-24)25-11-9-23(10-12-25)26-4-2-3-22(15-26)16-33-28(38)13-14-29(39)40/h2-12,15,19-20,27,30-31,37H,13-14,16-18H2,1H3,(H,33,38)(H,39,40)(H,34,35,36). The number of thioether (sulfide) groups is 1. The maximum Gasteiger partial charge on any atom is 0.303 e. The number of carbonyl (C=O) groups excluding carboxylic acids is 1. The van der Waals surface area contributed by atoms with Crippen LogP contribution in [0.4, 0.5) is 0 Å². The number of carboxylic acid groups (broad SMARTS) is 1. The molecule has 4 atom stereocenters. The van der Waals surface area contributed by atoms with Gasteiger partial charge in [-0.05, 0) is 33.9 Å². The molecule has 0 bridgehead atoms. The summed E-state index contributed by atoms with van der Waals surface area (Å²) in [5.41, 5.74) is 5.67. The summed E-state index contributed by atoms with van der Waals surface area (Å²) >= 11 is 1.55. The van der Waals surface area contributed by atoms with Crippen LogP contribution in [0.15, 0.2) is 84.3 Å². The summed E-state index contributed by atoms with van der Waals surface area (Å²) in [7, 11) is 0.